The molecule has 1 fully saturated rings. The molecule has 0 unspecified atom stereocenters. The first-order chi connectivity index (χ1) is 14.1. The van der Waals surface area contributed by atoms with E-state index in [1.54, 1.807) is 42.7 Å². The third-order valence-corrected chi connectivity index (χ3v) is 5.29. The monoisotopic (exact) mass is 397 g/mol. The Morgan fingerprint density at radius 3 is 2.45 bits per heavy atom. The molecule has 7 heteroatoms. The number of hydrogen-bond acceptors (Lipinski definition) is 4. The minimum absolute atomic E-state index is 0.0415. The van der Waals surface area contributed by atoms with Crippen LogP contribution in [0.4, 0.5) is 0 Å². The van der Waals surface area contributed by atoms with Gasteiger partial charge in [0.05, 0.1) is 12.8 Å². The molecule has 1 atom stereocenters. The van der Waals surface area contributed by atoms with Gasteiger partial charge < -0.3 is 20.0 Å². The number of carbonyl (C=O) groups excluding carboxylic acids is 3. The van der Waals surface area contributed by atoms with Crippen LogP contribution in [-0.2, 0) is 16.1 Å². The van der Waals surface area contributed by atoms with Gasteiger partial charge in [0.15, 0.2) is 0 Å². The third-order valence-electron chi connectivity index (χ3n) is 5.29. The van der Waals surface area contributed by atoms with Crippen molar-refractivity contribution in [1.82, 2.24) is 15.5 Å². The van der Waals surface area contributed by atoms with Crippen molar-refractivity contribution in [2.24, 2.45) is 5.92 Å². The lowest BCUT2D eigenvalue weighted by molar-refractivity contribution is -0.132. The number of furan rings is 1. The SMILES string of the molecule is CCC(=O)N1CCC([C@@H](NC(=O)c2ccccc2)C(=O)NCc2ccco2)CC1. The van der Waals surface area contributed by atoms with Crippen molar-refractivity contribution in [3.63, 3.8) is 0 Å². The van der Waals surface area contributed by atoms with Crippen LogP contribution in [0, 0.1) is 5.92 Å². The lowest BCUT2D eigenvalue weighted by Crippen LogP contribution is -2.53. The van der Waals surface area contributed by atoms with Crippen molar-refractivity contribution < 1.29 is 18.8 Å². The van der Waals surface area contributed by atoms with Gasteiger partial charge >= 0.3 is 0 Å². The maximum atomic E-state index is 12.9. The van der Waals surface area contributed by atoms with Gasteiger partial charge in [-0.25, -0.2) is 0 Å². The normalized spacial score (nSPS) is 15.6. The average molecular weight is 397 g/mol. The van der Waals surface area contributed by atoms with E-state index >= 15 is 0 Å². The molecule has 2 aromatic rings. The molecule has 0 saturated carbocycles. The zero-order valence-corrected chi connectivity index (χ0v) is 16.6. The average Bonchev–Trinajstić information content (AvgIpc) is 3.29. The number of piperidine rings is 1. The largest absolute Gasteiger partial charge is 0.467 e. The van der Waals surface area contributed by atoms with Crippen LogP contribution in [0.1, 0.15) is 42.3 Å². The van der Waals surface area contributed by atoms with E-state index in [1.807, 2.05) is 17.9 Å². The molecule has 154 valence electrons. The highest BCUT2D eigenvalue weighted by atomic mass is 16.3. The van der Waals surface area contributed by atoms with Crippen molar-refractivity contribution >= 4 is 17.7 Å². The van der Waals surface area contributed by atoms with Crippen molar-refractivity contribution in [3.05, 3.63) is 60.1 Å². The second kappa shape index (κ2) is 9.91. The van der Waals surface area contributed by atoms with Gasteiger partial charge in [0, 0.05) is 25.1 Å². The number of nitrogens with one attached hydrogen (secondary N) is 2. The van der Waals surface area contributed by atoms with E-state index in [0.29, 0.717) is 43.7 Å². The summed E-state index contributed by atoms with van der Waals surface area (Å²) in [6, 6.07) is 11.7. The molecule has 1 aromatic carbocycles. The van der Waals surface area contributed by atoms with Crippen molar-refractivity contribution in [1.29, 1.82) is 0 Å². The summed E-state index contributed by atoms with van der Waals surface area (Å²) in [5.41, 5.74) is 0.509. The predicted molar refractivity (Wildman–Crippen MR) is 108 cm³/mol. The summed E-state index contributed by atoms with van der Waals surface area (Å²) in [7, 11) is 0. The molecular weight excluding hydrogens is 370 g/mol. The molecule has 29 heavy (non-hydrogen) atoms. The molecule has 3 amide bonds. The highest BCUT2D eigenvalue weighted by molar-refractivity contribution is 5.97. The van der Waals surface area contributed by atoms with E-state index < -0.39 is 6.04 Å². The Bertz CT molecular complexity index is 812. The van der Waals surface area contributed by atoms with Gasteiger partial charge in [-0.1, -0.05) is 25.1 Å². The fourth-order valence-electron chi connectivity index (χ4n) is 3.61. The molecular formula is C22H27N3O4. The predicted octanol–water partition coefficient (Wildman–Crippen LogP) is 2.34. The van der Waals surface area contributed by atoms with E-state index in [4.69, 9.17) is 4.42 Å². The second-order valence-electron chi connectivity index (χ2n) is 7.19. The Balaban J connectivity index is 1.68. The number of likely N-dealkylation sites (tertiary alicyclic amines) is 1. The molecule has 3 rings (SSSR count). The van der Waals surface area contributed by atoms with Gasteiger partial charge in [0.1, 0.15) is 11.8 Å². The van der Waals surface area contributed by atoms with E-state index in [1.165, 1.54) is 0 Å². The molecule has 0 radical (unpaired) electrons. The number of carbonyl (C=O) groups is 3. The van der Waals surface area contributed by atoms with Crippen LogP contribution in [0.25, 0.3) is 0 Å². The fourth-order valence-corrected chi connectivity index (χ4v) is 3.61. The standard InChI is InChI=1S/C22H27N3O4/c1-2-19(26)25-12-10-16(11-13-25)20(22(28)23-15-18-9-6-14-29-18)24-21(27)17-7-4-3-5-8-17/h3-9,14,16,20H,2,10-13,15H2,1H3,(H,23,28)(H,24,27)/t20-/m1/s1. The van der Waals surface area contributed by atoms with Gasteiger partial charge in [-0.15, -0.1) is 0 Å². The molecule has 7 nitrogen and oxygen atoms in total. The Kier molecular flexibility index (Phi) is 7.05. The molecule has 2 heterocycles. The summed E-state index contributed by atoms with van der Waals surface area (Å²) in [6.07, 6.45) is 3.36. The van der Waals surface area contributed by atoms with Gasteiger partial charge in [0.2, 0.25) is 11.8 Å². The van der Waals surface area contributed by atoms with E-state index in [0.717, 1.165) is 0 Å². The minimum Gasteiger partial charge on any atom is -0.467 e. The number of hydrogen-bond donors (Lipinski definition) is 2. The number of benzene rings is 1. The second-order valence-corrected chi connectivity index (χ2v) is 7.19. The summed E-state index contributed by atoms with van der Waals surface area (Å²) < 4.78 is 5.27. The number of rotatable bonds is 7. The van der Waals surface area contributed by atoms with Crippen LogP contribution in [0.2, 0.25) is 0 Å². The lowest BCUT2D eigenvalue weighted by Gasteiger charge is -2.35. The maximum Gasteiger partial charge on any atom is 0.251 e. The summed E-state index contributed by atoms with van der Waals surface area (Å²) in [6.45, 7) is 3.30. The molecule has 0 bridgehead atoms. The molecule has 1 aromatic heterocycles. The Labute approximate surface area is 170 Å². The van der Waals surface area contributed by atoms with Crippen molar-refractivity contribution in [3.8, 4) is 0 Å². The highest BCUT2D eigenvalue weighted by Crippen LogP contribution is 2.22. The molecule has 1 aliphatic heterocycles. The first-order valence-electron chi connectivity index (χ1n) is 10.0. The van der Waals surface area contributed by atoms with Crippen LogP contribution in [-0.4, -0.2) is 41.8 Å². The number of amides is 3. The number of nitrogens with zero attached hydrogens (tertiary/aromatic N) is 1. The zero-order chi connectivity index (χ0) is 20.6. The highest BCUT2D eigenvalue weighted by Gasteiger charge is 2.33. The van der Waals surface area contributed by atoms with Crippen molar-refractivity contribution in [2.45, 2.75) is 38.8 Å². The van der Waals surface area contributed by atoms with Crippen LogP contribution < -0.4 is 10.6 Å². The quantitative estimate of drug-likeness (QED) is 0.750. The van der Waals surface area contributed by atoms with Crippen LogP contribution in [0.5, 0.6) is 0 Å². The first kappa shape index (κ1) is 20.6. The Hall–Kier alpha value is -3.09. The fraction of sp³-hybridized carbons (Fsp3) is 0.409. The molecule has 1 aliphatic rings. The summed E-state index contributed by atoms with van der Waals surface area (Å²) in [5, 5.41) is 5.76. The van der Waals surface area contributed by atoms with E-state index in [2.05, 4.69) is 10.6 Å². The Morgan fingerprint density at radius 2 is 1.83 bits per heavy atom. The van der Waals surface area contributed by atoms with Crippen LogP contribution in [0.3, 0.4) is 0 Å². The zero-order valence-electron chi connectivity index (χ0n) is 16.6. The Morgan fingerprint density at radius 1 is 1.10 bits per heavy atom. The van der Waals surface area contributed by atoms with E-state index in [-0.39, 0.29) is 30.2 Å². The van der Waals surface area contributed by atoms with Crippen LogP contribution in [0.15, 0.2) is 53.1 Å². The minimum atomic E-state index is -0.670. The van der Waals surface area contributed by atoms with Crippen molar-refractivity contribution in [2.75, 3.05) is 13.1 Å². The smallest absolute Gasteiger partial charge is 0.251 e. The molecule has 2 N–H and O–H groups in total. The third kappa shape index (κ3) is 5.47. The molecule has 0 aliphatic carbocycles. The van der Waals surface area contributed by atoms with Gasteiger partial charge in [-0.3, -0.25) is 14.4 Å². The lowest BCUT2D eigenvalue weighted by atomic mass is 9.88. The summed E-state index contributed by atoms with van der Waals surface area (Å²) in [5.74, 6) is 0.201. The maximum absolute atomic E-state index is 12.9. The van der Waals surface area contributed by atoms with Gasteiger partial charge in [-0.2, -0.15) is 0 Å². The molecule has 0 spiro atoms. The summed E-state index contributed by atoms with van der Waals surface area (Å²) in [4.78, 5) is 39.4. The molecule has 1 saturated heterocycles. The van der Waals surface area contributed by atoms with Crippen LogP contribution >= 0.6 is 0 Å². The summed E-state index contributed by atoms with van der Waals surface area (Å²) >= 11 is 0. The first-order valence-corrected chi connectivity index (χ1v) is 10.0. The van der Waals surface area contributed by atoms with Gasteiger partial charge in [0.25, 0.3) is 5.91 Å². The topological polar surface area (TPSA) is 91.7 Å². The van der Waals surface area contributed by atoms with Gasteiger partial charge in [-0.05, 0) is 43.0 Å². The van der Waals surface area contributed by atoms with E-state index in [9.17, 15) is 14.4 Å².